The summed E-state index contributed by atoms with van der Waals surface area (Å²) in [5.74, 6) is 0.0337. The van der Waals surface area contributed by atoms with E-state index < -0.39 is 5.89 Å². The maximum absolute atomic E-state index is 8.48. The monoisotopic (exact) mass is 851 g/mol. The molecule has 4 nitrogen and oxygen atoms in total. The topological polar surface area (TPSA) is 43.9 Å². The molecule has 0 aliphatic rings. The maximum Gasteiger partial charge on any atom is 0.0774 e. The van der Waals surface area contributed by atoms with Crippen molar-refractivity contribution in [2.45, 2.75) is 19.7 Å². The molecular weight excluding hydrogens is 815 g/mol. The van der Waals surface area contributed by atoms with Gasteiger partial charge in [-0.25, -0.2) is 0 Å². The van der Waals surface area contributed by atoms with Gasteiger partial charge in [0.25, 0.3) is 0 Å². The molecule has 9 aromatic rings. The third-order valence-corrected chi connectivity index (χ3v) is 8.95. The first-order valence-corrected chi connectivity index (χ1v) is 17.0. The van der Waals surface area contributed by atoms with E-state index in [1.165, 1.54) is 0 Å². The Morgan fingerprint density at radius 2 is 1.37 bits per heavy atom. The SMILES string of the molecule is [2H]C(C)(C)c1ccc2c(-c3nc4ccccc4n3-c3c(-c4ccccc4)cccc3-c3ccccc3)[c-]oc2c1.[Ir].[c-]1ccccc1-c1ccccn1. The second-order valence-corrected chi connectivity index (χ2v) is 12.5. The summed E-state index contributed by atoms with van der Waals surface area (Å²) in [7, 11) is 0. The average Bonchev–Trinajstić information content (AvgIpc) is 3.80. The fourth-order valence-corrected chi connectivity index (χ4v) is 6.43. The van der Waals surface area contributed by atoms with Crippen LogP contribution in [0, 0.1) is 12.3 Å². The van der Waals surface area contributed by atoms with Crippen LogP contribution >= 0.6 is 0 Å². The van der Waals surface area contributed by atoms with Crippen LogP contribution in [0.2, 0.25) is 0 Å². The van der Waals surface area contributed by atoms with Gasteiger partial charge in [0.2, 0.25) is 0 Å². The van der Waals surface area contributed by atoms with Gasteiger partial charge < -0.3 is 14.0 Å². The van der Waals surface area contributed by atoms with Crippen molar-refractivity contribution in [3.05, 3.63) is 188 Å². The van der Waals surface area contributed by atoms with E-state index >= 15 is 0 Å². The minimum absolute atomic E-state index is 0. The number of pyridine rings is 1. The molecular formula is C47H35IrN3O-2. The normalized spacial score (nSPS) is 11.4. The largest absolute Gasteiger partial charge is 0.557 e. The molecule has 0 N–H and O–H groups in total. The van der Waals surface area contributed by atoms with Gasteiger partial charge in [-0.1, -0.05) is 146 Å². The quantitative estimate of drug-likeness (QED) is 0.157. The fourth-order valence-electron chi connectivity index (χ4n) is 6.43. The Bertz CT molecular complexity index is 2500. The smallest absolute Gasteiger partial charge is 0.0774 e. The van der Waals surface area contributed by atoms with Gasteiger partial charge in [-0.3, -0.25) is 4.98 Å². The summed E-state index contributed by atoms with van der Waals surface area (Å²) in [6.07, 6.45) is 4.97. The van der Waals surface area contributed by atoms with E-state index in [1.807, 2.05) is 98.8 Å². The third kappa shape index (κ3) is 6.89. The number of hydrogen-bond acceptors (Lipinski definition) is 3. The first-order chi connectivity index (χ1) is 25.5. The van der Waals surface area contributed by atoms with Crippen LogP contribution in [0.3, 0.4) is 0 Å². The molecule has 3 aromatic heterocycles. The van der Waals surface area contributed by atoms with Crippen LogP contribution in [0.5, 0.6) is 0 Å². The molecule has 0 atom stereocenters. The molecule has 0 saturated carbocycles. The van der Waals surface area contributed by atoms with E-state index in [4.69, 9.17) is 10.8 Å². The maximum atomic E-state index is 8.48. The molecule has 0 bridgehead atoms. The molecule has 255 valence electrons. The second-order valence-electron chi connectivity index (χ2n) is 12.5. The molecule has 9 rings (SSSR count). The van der Waals surface area contributed by atoms with Gasteiger partial charge in [-0.2, -0.15) is 0 Å². The first-order valence-electron chi connectivity index (χ1n) is 17.5. The molecule has 6 aromatic carbocycles. The van der Waals surface area contributed by atoms with Crippen LogP contribution < -0.4 is 0 Å². The molecule has 0 aliphatic carbocycles. The zero-order valence-electron chi connectivity index (χ0n) is 29.7. The number of furan rings is 1. The Morgan fingerprint density at radius 3 is 2.02 bits per heavy atom. The van der Waals surface area contributed by atoms with Gasteiger partial charge in [-0.05, 0) is 40.9 Å². The Labute approximate surface area is 319 Å². The number of rotatable bonds is 6. The first kappa shape index (κ1) is 33.3. The summed E-state index contributed by atoms with van der Waals surface area (Å²) in [5, 5.41) is 0.919. The van der Waals surface area contributed by atoms with Gasteiger partial charge in [0.15, 0.2) is 0 Å². The molecule has 0 fully saturated rings. The number of para-hydroxylation sites is 3. The Hall–Kier alpha value is -5.87. The van der Waals surface area contributed by atoms with Crippen LogP contribution in [0.15, 0.2) is 174 Å². The van der Waals surface area contributed by atoms with Crippen LogP contribution in [0.25, 0.3) is 72.6 Å². The van der Waals surface area contributed by atoms with Crippen molar-refractivity contribution >= 4 is 22.0 Å². The van der Waals surface area contributed by atoms with Crippen molar-refractivity contribution in [2.24, 2.45) is 0 Å². The summed E-state index contributed by atoms with van der Waals surface area (Å²) in [6, 6.07) is 58.5. The molecule has 0 unspecified atom stereocenters. The predicted octanol–water partition coefficient (Wildman–Crippen LogP) is 12.2. The Morgan fingerprint density at radius 1 is 0.692 bits per heavy atom. The minimum atomic E-state index is -0.729. The van der Waals surface area contributed by atoms with Crippen LogP contribution in [0.1, 0.15) is 26.7 Å². The van der Waals surface area contributed by atoms with Crippen LogP contribution in [0.4, 0.5) is 0 Å². The van der Waals surface area contributed by atoms with Gasteiger partial charge >= 0.3 is 0 Å². The van der Waals surface area contributed by atoms with Crippen molar-refractivity contribution < 1.29 is 25.9 Å². The fraction of sp³-hybridized carbons (Fsp3) is 0.0638. The summed E-state index contributed by atoms with van der Waals surface area (Å²) < 4.78 is 16.7. The van der Waals surface area contributed by atoms with E-state index in [1.54, 1.807) is 6.20 Å². The molecule has 0 amide bonds. The number of aromatic nitrogens is 3. The van der Waals surface area contributed by atoms with Crippen molar-refractivity contribution in [3.63, 3.8) is 0 Å². The van der Waals surface area contributed by atoms with Gasteiger partial charge in [0.05, 0.1) is 22.5 Å². The summed E-state index contributed by atoms with van der Waals surface area (Å²) in [6.45, 7) is 3.76. The molecule has 0 aliphatic heterocycles. The summed E-state index contributed by atoms with van der Waals surface area (Å²) in [4.78, 5) is 9.37. The average molecular weight is 851 g/mol. The van der Waals surface area contributed by atoms with E-state index in [0.717, 1.165) is 72.6 Å². The van der Waals surface area contributed by atoms with E-state index in [0.29, 0.717) is 5.58 Å². The molecule has 5 heteroatoms. The minimum Gasteiger partial charge on any atom is -0.557 e. The zero-order chi connectivity index (χ0) is 35.5. The predicted molar refractivity (Wildman–Crippen MR) is 209 cm³/mol. The van der Waals surface area contributed by atoms with Gasteiger partial charge in [0.1, 0.15) is 0 Å². The summed E-state index contributed by atoms with van der Waals surface area (Å²) >= 11 is 0. The Kier molecular flexibility index (Phi) is 9.97. The summed E-state index contributed by atoms with van der Waals surface area (Å²) in [5.41, 5.74) is 11.8. The number of nitrogens with zero attached hydrogens (tertiary/aromatic N) is 3. The van der Waals surface area contributed by atoms with Crippen LogP contribution in [-0.2, 0) is 20.1 Å². The molecule has 0 saturated heterocycles. The number of fused-ring (bicyclic) bond motifs is 2. The standard InChI is InChI=1S/C36H27N2O.C11H8N.Ir/c1-24(2)27-20-21-30-31(23-39-34(30)22-27)36-37-32-18-9-10-19-33(32)38(36)35-28(25-12-5-3-6-13-25)16-11-17-29(35)26-14-7-4-8-15-26;1-2-6-10(7-3-1)11-8-4-5-9-12-11;/h3-22,24H,1-2H3;1-6,8-9H;/q2*-1;/i24D;;. The third-order valence-electron chi connectivity index (χ3n) is 8.95. The van der Waals surface area contributed by atoms with Crippen molar-refractivity contribution in [1.82, 2.24) is 14.5 Å². The molecule has 1 radical (unpaired) electrons. The van der Waals surface area contributed by atoms with Crippen molar-refractivity contribution in [1.29, 1.82) is 0 Å². The molecule has 0 spiro atoms. The second kappa shape index (κ2) is 15.6. The number of hydrogen-bond donors (Lipinski definition) is 0. The van der Waals surface area contributed by atoms with Crippen molar-refractivity contribution in [3.8, 4) is 50.6 Å². The molecule has 3 heterocycles. The van der Waals surface area contributed by atoms with Crippen molar-refractivity contribution in [2.75, 3.05) is 0 Å². The Balaban J connectivity index is 0.000000284. The van der Waals surface area contributed by atoms with E-state index in [-0.39, 0.29) is 20.1 Å². The number of imidazole rings is 1. The van der Waals surface area contributed by atoms with Gasteiger partial charge in [0, 0.05) is 50.6 Å². The number of benzene rings is 6. The van der Waals surface area contributed by atoms with E-state index in [2.05, 4.69) is 101 Å². The van der Waals surface area contributed by atoms with E-state index in [9.17, 15) is 0 Å². The molecule has 52 heavy (non-hydrogen) atoms. The van der Waals surface area contributed by atoms with Crippen LogP contribution in [-0.4, -0.2) is 14.5 Å². The zero-order valence-corrected chi connectivity index (χ0v) is 31.1. The van der Waals surface area contributed by atoms with Gasteiger partial charge in [-0.15, -0.1) is 42.0 Å².